The zero-order chi connectivity index (χ0) is 33.3. The van der Waals surface area contributed by atoms with E-state index in [4.69, 9.17) is 27.9 Å². The third-order valence-corrected chi connectivity index (χ3v) is 9.79. The lowest BCUT2D eigenvalue weighted by molar-refractivity contribution is -0.140. The van der Waals surface area contributed by atoms with Gasteiger partial charge >= 0.3 is 0 Å². The smallest absolute Gasteiger partial charge is 0.264 e. The van der Waals surface area contributed by atoms with E-state index in [0.29, 0.717) is 33.6 Å². The number of carbonyl (C=O) groups excluding carboxylic acids is 2. The number of nitrogens with one attached hydrogen (secondary N) is 1. The Bertz CT molecular complexity index is 1720. The lowest BCUT2D eigenvalue weighted by Gasteiger charge is -2.34. The normalized spacial score (nSPS) is 12.0. The van der Waals surface area contributed by atoms with Gasteiger partial charge in [0.25, 0.3) is 10.0 Å². The summed E-state index contributed by atoms with van der Waals surface area (Å²) in [5.41, 5.74) is 1.76. The van der Waals surface area contributed by atoms with E-state index in [2.05, 4.69) is 5.32 Å². The number of hydrogen-bond acceptors (Lipinski definition) is 5. The molecule has 0 radical (unpaired) electrons. The molecule has 0 aliphatic heterocycles. The van der Waals surface area contributed by atoms with Crippen LogP contribution in [0, 0.1) is 5.92 Å². The van der Waals surface area contributed by atoms with Gasteiger partial charge in [0.15, 0.2) is 0 Å². The summed E-state index contributed by atoms with van der Waals surface area (Å²) < 4.78 is 34.5. The summed E-state index contributed by atoms with van der Waals surface area (Å²) in [6.07, 6.45) is 0.203. The van der Waals surface area contributed by atoms with Gasteiger partial charge in [-0.2, -0.15) is 0 Å². The SMILES string of the molecule is COc1ccc(S(=O)(=O)N(CC(=O)N(Cc2ccc(Cl)c(Cl)c2)C(Cc2ccccc2)C(=O)NCC(C)C)c2ccccc2)cc1. The van der Waals surface area contributed by atoms with Crippen LogP contribution < -0.4 is 14.4 Å². The maximum absolute atomic E-state index is 14.5. The molecule has 2 amide bonds. The number of sulfonamides is 1. The summed E-state index contributed by atoms with van der Waals surface area (Å²) in [5.74, 6) is -0.267. The molecule has 46 heavy (non-hydrogen) atoms. The average molecular weight is 683 g/mol. The molecule has 0 saturated carbocycles. The van der Waals surface area contributed by atoms with E-state index in [1.165, 1.54) is 24.1 Å². The van der Waals surface area contributed by atoms with Crippen LogP contribution in [0.5, 0.6) is 5.75 Å². The monoisotopic (exact) mass is 681 g/mol. The van der Waals surface area contributed by atoms with Gasteiger partial charge in [0, 0.05) is 19.5 Å². The van der Waals surface area contributed by atoms with Crippen molar-refractivity contribution in [1.82, 2.24) is 10.2 Å². The second-order valence-corrected chi connectivity index (χ2v) is 13.8. The number of carbonyl (C=O) groups is 2. The van der Waals surface area contributed by atoms with E-state index >= 15 is 0 Å². The first kappa shape index (κ1) is 34.8. The summed E-state index contributed by atoms with van der Waals surface area (Å²) in [5, 5.41) is 3.61. The second kappa shape index (κ2) is 16.0. The number of anilines is 1. The molecule has 0 bridgehead atoms. The van der Waals surface area contributed by atoms with Crippen LogP contribution >= 0.6 is 23.2 Å². The zero-order valence-electron chi connectivity index (χ0n) is 25.9. The van der Waals surface area contributed by atoms with Crippen LogP contribution in [-0.2, 0) is 32.6 Å². The lowest BCUT2D eigenvalue weighted by Crippen LogP contribution is -2.53. The molecule has 1 atom stereocenters. The Balaban J connectivity index is 1.79. The highest BCUT2D eigenvalue weighted by Crippen LogP contribution is 2.27. The fourth-order valence-corrected chi connectivity index (χ4v) is 6.54. The first-order valence-electron chi connectivity index (χ1n) is 14.8. The molecule has 1 unspecified atom stereocenters. The Morgan fingerprint density at radius 3 is 2.04 bits per heavy atom. The summed E-state index contributed by atoms with van der Waals surface area (Å²) in [6.45, 7) is 3.77. The highest BCUT2D eigenvalue weighted by atomic mass is 35.5. The Morgan fingerprint density at radius 2 is 1.46 bits per heavy atom. The topological polar surface area (TPSA) is 96.0 Å². The first-order chi connectivity index (χ1) is 22.0. The van der Waals surface area contributed by atoms with E-state index < -0.39 is 28.5 Å². The molecule has 0 aromatic heterocycles. The molecule has 0 saturated heterocycles. The maximum atomic E-state index is 14.5. The lowest BCUT2D eigenvalue weighted by atomic mass is 10.0. The van der Waals surface area contributed by atoms with Crippen molar-refractivity contribution in [3.63, 3.8) is 0 Å². The summed E-state index contributed by atoms with van der Waals surface area (Å²) in [6, 6.07) is 27.7. The number of hydrogen-bond donors (Lipinski definition) is 1. The molecule has 11 heteroatoms. The number of nitrogens with zero attached hydrogens (tertiary/aromatic N) is 2. The van der Waals surface area contributed by atoms with Gasteiger partial charge in [-0.15, -0.1) is 0 Å². The molecule has 4 aromatic rings. The van der Waals surface area contributed by atoms with Crippen LogP contribution in [0.25, 0.3) is 0 Å². The van der Waals surface area contributed by atoms with Crippen molar-refractivity contribution in [1.29, 1.82) is 0 Å². The molecule has 0 aliphatic carbocycles. The van der Waals surface area contributed by atoms with Gasteiger partial charge in [0.1, 0.15) is 18.3 Å². The predicted octanol–water partition coefficient (Wildman–Crippen LogP) is 6.61. The number of amides is 2. The van der Waals surface area contributed by atoms with Gasteiger partial charge < -0.3 is 15.0 Å². The van der Waals surface area contributed by atoms with Crippen LogP contribution in [0.2, 0.25) is 10.0 Å². The van der Waals surface area contributed by atoms with E-state index in [9.17, 15) is 18.0 Å². The van der Waals surface area contributed by atoms with Crippen LogP contribution in [-0.4, -0.2) is 51.4 Å². The Hall–Kier alpha value is -4.05. The molecule has 8 nitrogen and oxygen atoms in total. The molecule has 4 rings (SSSR count). The largest absolute Gasteiger partial charge is 0.497 e. The van der Waals surface area contributed by atoms with Gasteiger partial charge in [0.2, 0.25) is 11.8 Å². The van der Waals surface area contributed by atoms with Gasteiger partial charge in [-0.25, -0.2) is 8.42 Å². The van der Waals surface area contributed by atoms with Crippen LogP contribution in [0.4, 0.5) is 5.69 Å². The van der Waals surface area contributed by atoms with Gasteiger partial charge in [0.05, 0.1) is 27.7 Å². The number of halogens is 2. The maximum Gasteiger partial charge on any atom is 0.264 e. The van der Waals surface area contributed by atoms with Crippen LogP contribution in [0.3, 0.4) is 0 Å². The van der Waals surface area contributed by atoms with Crippen molar-refractivity contribution >= 4 is 50.7 Å². The molecule has 242 valence electrons. The number of para-hydroxylation sites is 1. The van der Waals surface area contributed by atoms with Crippen molar-refractivity contribution in [2.75, 3.05) is 24.5 Å². The minimum Gasteiger partial charge on any atom is -0.497 e. The van der Waals surface area contributed by atoms with Crippen molar-refractivity contribution in [2.45, 2.75) is 37.8 Å². The Kier molecular flexibility index (Phi) is 12.1. The average Bonchev–Trinajstić information content (AvgIpc) is 3.06. The fourth-order valence-electron chi connectivity index (χ4n) is 4.81. The van der Waals surface area contributed by atoms with Crippen LogP contribution in [0.1, 0.15) is 25.0 Å². The van der Waals surface area contributed by atoms with E-state index in [1.54, 1.807) is 60.7 Å². The molecule has 0 spiro atoms. The molecule has 0 aliphatic rings. The Morgan fingerprint density at radius 1 is 0.826 bits per heavy atom. The number of rotatable bonds is 14. The number of ether oxygens (including phenoxy) is 1. The summed E-state index contributed by atoms with van der Waals surface area (Å²) in [4.78, 5) is 29.7. The predicted molar refractivity (Wildman–Crippen MR) is 183 cm³/mol. The molecular weight excluding hydrogens is 645 g/mol. The van der Waals surface area contributed by atoms with Crippen molar-refractivity contribution in [3.8, 4) is 5.75 Å². The number of benzene rings is 4. The van der Waals surface area contributed by atoms with Gasteiger partial charge in [-0.3, -0.25) is 13.9 Å². The van der Waals surface area contributed by atoms with Crippen molar-refractivity contribution in [2.24, 2.45) is 5.92 Å². The minimum absolute atomic E-state index is 0.0171. The van der Waals surface area contributed by atoms with E-state index in [0.717, 1.165) is 9.87 Å². The van der Waals surface area contributed by atoms with Gasteiger partial charge in [-0.1, -0.05) is 91.6 Å². The molecule has 4 aromatic carbocycles. The summed E-state index contributed by atoms with van der Waals surface area (Å²) in [7, 11) is -2.74. The van der Waals surface area contributed by atoms with E-state index in [-0.39, 0.29) is 29.7 Å². The fraction of sp³-hybridized carbons (Fsp3) is 0.257. The summed E-state index contributed by atoms with van der Waals surface area (Å²) >= 11 is 12.5. The van der Waals surface area contributed by atoms with Crippen molar-refractivity contribution in [3.05, 3.63) is 124 Å². The quantitative estimate of drug-likeness (QED) is 0.162. The highest BCUT2D eigenvalue weighted by Gasteiger charge is 2.34. The molecule has 0 fully saturated rings. The Labute approximate surface area is 280 Å². The molecular formula is C35H37Cl2N3O5S. The second-order valence-electron chi connectivity index (χ2n) is 11.1. The zero-order valence-corrected chi connectivity index (χ0v) is 28.2. The number of methoxy groups -OCH3 is 1. The molecule has 1 N–H and O–H groups in total. The molecule has 0 heterocycles. The standard InChI is InChI=1S/C35H37Cl2N3O5S/c1-25(2)22-38-35(42)33(21-26-10-6-4-7-11-26)39(23-27-14-19-31(36)32(37)20-27)34(41)24-40(28-12-8-5-9-13-28)46(43,44)30-17-15-29(45-3)16-18-30/h4-20,25,33H,21-24H2,1-3H3,(H,38,42). The first-order valence-corrected chi connectivity index (χ1v) is 17.0. The third-order valence-electron chi connectivity index (χ3n) is 7.26. The highest BCUT2D eigenvalue weighted by molar-refractivity contribution is 7.92. The third kappa shape index (κ3) is 9.02. The van der Waals surface area contributed by atoms with Crippen LogP contribution in [0.15, 0.2) is 108 Å². The minimum atomic E-state index is -4.23. The van der Waals surface area contributed by atoms with Crippen molar-refractivity contribution < 1.29 is 22.7 Å². The van der Waals surface area contributed by atoms with Gasteiger partial charge in [-0.05, 0) is 65.6 Å². The van der Waals surface area contributed by atoms with E-state index in [1.807, 2.05) is 44.2 Å².